The number of fused-ring (bicyclic) bond motifs is 2. The van der Waals surface area contributed by atoms with Crippen LogP contribution in [0.3, 0.4) is 0 Å². The highest BCUT2D eigenvalue weighted by Gasteiger charge is 2.32. The number of carbonyl (C=O) groups is 1. The van der Waals surface area contributed by atoms with Gasteiger partial charge in [0.05, 0.1) is 6.54 Å². The van der Waals surface area contributed by atoms with Crippen molar-refractivity contribution in [1.29, 1.82) is 0 Å². The van der Waals surface area contributed by atoms with Crippen molar-refractivity contribution in [3.8, 4) is 0 Å². The molecule has 1 aromatic carbocycles. The van der Waals surface area contributed by atoms with Gasteiger partial charge in [-0.1, -0.05) is 24.3 Å². The molecular weight excluding hydrogens is 300 g/mol. The van der Waals surface area contributed by atoms with E-state index in [1.54, 1.807) is 6.20 Å². The van der Waals surface area contributed by atoms with Crippen LogP contribution in [0, 0.1) is 0 Å². The van der Waals surface area contributed by atoms with Gasteiger partial charge in [-0.15, -0.1) is 0 Å². The van der Waals surface area contributed by atoms with Crippen LogP contribution in [0.15, 0.2) is 30.5 Å². The molecule has 0 unspecified atom stereocenters. The van der Waals surface area contributed by atoms with Crippen LogP contribution in [0.1, 0.15) is 16.7 Å². The summed E-state index contributed by atoms with van der Waals surface area (Å²) in [6, 6.07) is 8.65. The van der Waals surface area contributed by atoms with E-state index >= 15 is 0 Å². The number of carbonyl (C=O) groups excluding carboxylic acids is 1. The second-order valence-corrected chi connectivity index (χ2v) is 6.06. The topological polar surface area (TPSA) is 58.1 Å². The van der Waals surface area contributed by atoms with Gasteiger partial charge >= 0.3 is 0 Å². The molecule has 0 fully saturated rings. The van der Waals surface area contributed by atoms with Crippen molar-refractivity contribution >= 4 is 23.3 Å². The van der Waals surface area contributed by atoms with Crippen molar-refractivity contribution in [2.45, 2.75) is 25.4 Å². The van der Waals surface area contributed by atoms with E-state index in [2.05, 4.69) is 44.5 Å². The predicted octanol–water partition coefficient (Wildman–Crippen LogP) is 1.73. The third-order valence-corrected chi connectivity index (χ3v) is 4.53. The van der Waals surface area contributed by atoms with Gasteiger partial charge in [-0.2, -0.15) is 0 Å². The Morgan fingerprint density at radius 2 is 1.91 bits per heavy atom. The molecule has 2 aliphatic rings. The molecule has 1 aliphatic carbocycles. The molecule has 1 aliphatic heterocycles. The highest BCUT2D eigenvalue weighted by Crippen LogP contribution is 2.30. The fraction of sp³-hybridized carbons (Fsp3) is 0.312. The summed E-state index contributed by atoms with van der Waals surface area (Å²) >= 11 is 5.97. The number of anilines is 1. The van der Waals surface area contributed by atoms with E-state index in [1.165, 1.54) is 11.1 Å². The second kappa shape index (κ2) is 5.25. The molecule has 2 heterocycles. The molecule has 2 aromatic rings. The fourth-order valence-electron chi connectivity index (χ4n) is 3.29. The molecule has 0 radical (unpaired) electrons. The SMILES string of the molecule is O=C1CN(C2Cc3ccccc3C2)c2nc(Cl)ncc2CN1. The summed E-state index contributed by atoms with van der Waals surface area (Å²) in [6.07, 6.45) is 3.54. The van der Waals surface area contributed by atoms with Crippen molar-refractivity contribution in [2.24, 2.45) is 0 Å². The van der Waals surface area contributed by atoms with Crippen molar-refractivity contribution in [3.63, 3.8) is 0 Å². The minimum Gasteiger partial charge on any atom is -0.350 e. The summed E-state index contributed by atoms with van der Waals surface area (Å²) in [5, 5.41) is 3.11. The molecule has 1 aromatic heterocycles. The Kier molecular flexibility index (Phi) is 3.22. The van der Waals surface area contributed by atoms with Crippen LogP contribution in [0.5, 0.6) is 0 Å². The average molecular weight is 315 g/mol. The van der Waals surface area contributed by atoms with Gasteiger partial charge in [-0.25, -0.2) is 9.97 Å². The van der Waals surface area contributed by atoms with Crippen LogP contribution in [0.2, 0.25) is 5.28 Å². The lowest BCUT2D eigenvalue weighted by molar-refractivity contribution is -0.119. The van der Waals surface area contributed by atoms with Crippen molar-refractivity contribution in [1.82, 2.24) is 15.3 Å². The number of halogens is 1. The number of rotatable bonds is 1. The van der Waals surface area contributed by atoms with E-state index in [-0.39, 0.29) is 17.2 Å². The van der Waals surface area contributed by atoms with Crippen LogP contribution >= 0.6 is 11.6 Å². The van der Waals surface area contributed by atoms with Crippen molar-refractivity contribution < 1.29 is 4.79 Å². The van der Waals surface area contributed by atoms with Gasteiger partial charge in [0.2, 0.25) is 11.2 Å². The van der Waals surface area contributed by atoms with Crippen LogP contribution < -0.4 is 10.2 Å². The van der Waals surface area contributed by atoms with E-state index in [0.717, 1.165) is 24.2 Å². The van der Waals surface area contributed by atoms with E-state index in [0.29, 0.717) is 13.1 Å². The van der Waals surface area contributed by atoms with Crippen molar-refractivity contribution in [2.75, 3.05) is 11.4 Å². The molecule has 0 bridgehead atoms. The van der Waals surface area contributed by atoms with Gasteiger partial charge in [0.1, 0.15) is 5.82 Å². The summed E-state index contributed by atoms with van der Waals surface area (Å²) < 4.78 is 0. The number of nitrogens with zero attached hydrogens (tertiary/aromatic N) is 3. The minimum atomic E-state index is 0.00470. The first-order valence-electron chi connectivity index (χ1n) is 7.32. The highest BCUT2D eigenvalue weighted by atomic mass is 35.5. The van der Waals surface area contributed by atoms with Crippen LogP contribution in [-0.4, -0.2) is 28.5 Å². The van der Waals surface area contributed by atoms with Gasteiger partial charge in [0.25, 0.3) is 0 Å². The molecule has 0 saturated heterocycles. The fourth-order valence-corrected chi connectivity index (χ4v) is 3.42. The summed E-state index contributed by atoms with van der Waals surface area (Å²) in [7, 11) is 0. The Hall–Kier alpha value is -2.14. The van der Waals surface area contributed by atoms with Gasteiger partial charge in [0.15, 0.2) is 0 Å². The lowest BCUT2D eigenvalue weighted by Gasteiger charge is -2.28. The van der Waals surface area contributed by atoms with E-state index in [9.17, 15) is 4.79 Å². The predicted molar refractivity (Wildman–Crippen MR) is 83.9 cm³/mol. The van der Waals surface area contributed by atoms with Crippen molar-refractivity contribution in [3.05, 3.63) is 52.4 Å². The molecule has 0 spiro atoms. The molecule has 1 N–H and O–H groups in total. The lowest BCUT2D eigenvalue weighted by atomic mass is 10.1. The normalized spacial score (nSPS) is 17.7. The molecule has 112 valence electrons. The first kappa shape index (κ1) is 13.5. The Labute approximate surface area is 133 Å². The summed E-state index contributed by atoms with van der Waals surface area (Å²) in [5.74, 6) is 0.779. The number of aromatic nitrogens is 2. The van der Waals surface area contributed by atoms with Gasteiger partial charge in [-0.05, 0) is 35.6 Å². The lowest BCUT2D eigenvalue weighted by Crippen LogP contribution is -2.42. The maximum atomic E-state index is 12.0. The standard InChI is InChI=1S/C16H15ClN4O/c17-16-19-8-12-7-18-14(22)9-21(15(12)20-16)13-5-10-3-1-2-4-11(10)6-13/h1-4,8,13H,5-7,9H2,(H,18,22). The number of hydrogen-bond acceptors (Lipinski definition) is 4. The van der Waals surface area contributed by atoms with Crippen LogP contribution in [-0.2, 0) is 24.2 Å². The highest BCUT2D eigenvalue weighted by molar-refractivity contribution is 6.28. The molecule has 4 rings (SSSR count). The molecule has 0 saturated carbocycles. The zero-order chi connectivity index (χ0) is 15.1. The molecule has 5 nitrogen and oxygen atoms in total. The number of amides is 1. The molecule has 0 atom stereocenters. The van der Waals surface area contributed by atoms with E-state index in [4.69, 9.17) is 11.6 Å². The number of benzene rings is 1. The van der Waals surface area contributed by atoms with Gasteiger partial charge in [0, 0.05) is 24.3 Å². The Bertz CT molecular complexity index is 724. The van der Waals surface area contributed by atoms with E-state index in [1.807, 2.05) is 0 Å². The number of hydrogen-bond donors (Lipinski definition) is 1. The molecule has 6 heteroatoms. The van der Waals surface area contributed by atoms with Gasteiger partial charge in [-0.3, -0.25) is 4.79 Å². The van der Waals surface area contributed by atoms with Crippen LogP contribution in [0.25, 0.3) is 0 Å². The first-order chi connectivity index (χ1) is 10.7. The van der Waals surface area contributed by atoms with Crippen LogP contribution in [0.4, 0.5) is 5.82 Å². The minimum absolute atomic E-state index is 0.00470. The zero-order valence-corrected chi connectivity index (χ0v) is 12.7. The monoisotopic (exact) mass is 314 g/mol. The third kappa shape index (κ3) is 2.31. The third-order valence-electron chi connectivity index (χ3n) is 4.34. The maximum absolute atomic E-state index is 12.0. The Morgan fingerprint density at radius 1 is 1.18 bits per heavy atom. The smallest absolute Gasteiger partial charge is 0.239 e. The zero-order valence-electron chi connectivity index (χ0n) is 11.9. The summed E-state index contributed by atoms with van der Waals surface area (Å²) in [4.78, 5) is 22.5. The molecule has 22 heavy (non-hydrogen) atoms. The largest absolute Gasteiger partial charge is 0.350 e. The Morgan fingerprint density at radius 3 is 2.64 bits per heavy atom. The average Bonchev–Trinajstić information content (AvgIpc) is 2.88. The summed E-state index contributed by atoms with van der Waals surface area (Å²) in [5.41, 5.74) is 3.60. The summed E-state index contributed by atoms with van der Waals surface area (Å²) in [6.45, 7) is 0.750. The molecular formula is C16H15ClN4O. The second-order valence-electron chi connectivity index (χ2n) is 5.72. The van der Waals surface area contributed by atoms with Gasteiger partial charge < -0.3 is 10.2 Å². The van der Waals surface area contributed by atoms with E-state index < -0.39 is 0 Å². The first-order valence-corrected chi connectivity index (χ1v) is 7.70. The Balaban J connectivity index is 1.72. The quantitative estimate of drug-likeness (QED) is 0.815. The maximum Gasteiger partial charge on any atom is 0.239 e. The molecule has 1 amide bonds. The number of nitrogens with one attached hydrogen (secondary N) is 1.